The highest BCUT2D eigenvalue weighted by Gasteiger charge is 2.21. The molecule has 3 aromatic rings. The highest BCUT2D eigenvalue weighted by Crippen LogP contribution is 2.33. The van der Waals surface area contributed by atoms with E-state index in [0.717, 1.165) is 38.8 Å². The molecule has 1 heterocycles. The molecule has 0 aliphatic carbocycles. The van der Waals surface area contributed by atoms with Gasteiger partial charge in [0.05, 0.1) is 16.0 Å². The van der Waals surface area contributed by atoms with Gasteiger partial charge in [0.15, 0.2) is 5.13 Å². The number of thiazole rings is 1. The van der Waals surface area contributed by atoms with Crippen molar-refractivity contribution in [3.05, 3.63) is 53.3 Å². The molecular formula is C22H27ClFN3OS2. The number of amides is 1. The molecule has 162 valence electrons. The largest absolute Gasteiger partial charge is 0.309 e. The van der Waals surface area contributed by atoms with Gasteiger partial charge >= 0.3 is 0 Å². The topological polar surface area (TPSA) is 36.4 Å². The minimum Gasteiger partial charge on any atom is -0.309 e. The number of hydrogen-bond donors (Lipinski definition) is 0. The van der Waals surface area contributed by atoms with Crippen LogP contribution in [0.1, 0.15) is 17.5 Å². The predicted molar refractivity (Wildman–Crippen MR) is 129 cm³/mol. The Balaban J connectivity index is 0.00000320. The molecular weight excluding hydrogens is 441 g/mol. The monoisotopic (exact) mass is 467 g/mol. The average Bonchev–Trinajstić information content (AvgIpc) is 3.14. The first kappa shape index (κ1) is 24.6. The molecule has 0 saturated carbocycles. The van der Waals surface area contributed by atoms with Crippen LogP contribution in [-0.4, -0.2) is 48.7 Å². The zero-order chi connectivity index (χ0) is 21.0. The molecule has 1 aromatic heterocycles. The lowest BCUT2D eigenvalue weighted by Gasteiger charge is -2.21. The lowest BCUT2D eigenvalue weighted by atomic mass is 10.1. The van der Waals surface area contributed by atoms with E-state index >= 15 is 0 Å². The van der Waals surface area contributed by atoms with E-state index in [2.05, 4.69) is 24.0 Å². The minimum atomic E-state index is -0.272. The number of nitrogens with zero attached hydrogens (tertiary/aromatic N) is 3. The van der Waals surface area contributed by atoms with Crippen LogP contribution in [0.4, 0.5) is 9.52 Å². The molecule has 0 bridgehead atoms. The van der Waals surface area contributed by atoms with Crippen molar-refractivity contribution in [2.24, 2.45) is 0 Å². The number of anilines is 1. The average molecular weight is 468 g/mol. The maximum atomic E-state index is 13.1. The quantitative estimate of drug-likeness (QED) is 0.407. The zero-order valence-electron chi connectivity index (χ0n) is 17.6. The first-order chi connectivity index (χ1) is 13.8. The van der Waals surface area contributed by atoms with Gasteiger partial charge in [0.25, 0.3) is 0 Å². The molecule has 3 rings (SSSR count). The number of hydrogen-bond acceptors (Lipinski definition) is 5. The van der Waals surface area contributed by atoms with Gasteiger partial charge in [-0.25, -0.2) is 9.37 Å². The number of rotatable bonds is 8. The molecule has 0 saturated heterocycles. The molecule has 0 N–H and O–H groups in total. The van der Waals surface area contributed by atoms with Crippen molar-refractivity contribution >= 4 is 56.8 Å². The highest BCUT2D eigenvalue weighted by atomic mass is 35.5. The van der Waals surface area contributed by atoms with Crippen molar-refractivity contribution in [3.63, 3.8) is 0 Å². The third-order valence-corrected chi connectivity index (χ3v) is 6.84. The summed E-state index contributed by atoms with van der Waals surface area (Å²) >= 11 is 3.00. The Morgan fingerprint density at radius 1 is 1.07 bits per heavy atom. The first-order valence-electron chi connectivity index (χ1n) is 9.55. The fraction of sp³-hybridized carbons (Fsp3) is 0.364. The van der Waals surface area contributed by atoms with Gasteiger partial charge < -0.3 is 4.90 Å². The van der Waals surface area contributed by atoms with E-state index in [1.807, 2.05) is 25.9 Å². The van der Waals surface area contributed by atoms with Crippen molar-refractivity contribution in [2.75, 3.05) is 37.8 Å². The van der Waals surface area contributed by atoms with E-state index in [0.29, 0.717) is 12.3 Å². The Bertz CT molecular complexity index is 953. The Hall–Kier alpha value is -1.67. The van der Waals surface area contributed by atoms with E-state index in [4.69, 9.17) is 4.98 Å². The summed E-state index contributed by atoms with van der Waals surface area (Å²) < 4.78 is 14.2. The minimum absolute atomic E-state index is 0. The maximum Gasteiger partial charge on any atom is 0.239 e. The van der Waals surface area contributed by atoms with E-state index in [1.165, 1.54) is 29.5 Å². The molecule has 0 fully saturated rings. The van der Waals surface area contributed by atoms with Gasteiger partial charge in [0, 0.05) is 11.4 Å². The van der Waals surface area contributed by atoms with Crippen LogP contribution in [0.15, 0.2) is 41.3 Å². The van der Waals surface area contributed by atoms with Crippen molar-refractivity contribution < 1.29 is 9.18 Å². The standard InChI is InChI=1S/C22H26FN3OS2.ClH/c1-15-6-7-16(2)21-20(15)24-22(29-21)26(13-5-12-25(3)4)19(27)14-28-18-10-8-17(23)9-11-18;/h6-11H,5,12-14H2,1-4H3;1H. The lowest BCUT2D eigenvalue weighted by molar-refractivity contribution is -0.116. The molecule has 4 nitrogen and oxygen atoms in total. The SMILES string of the molecule is Cc1ccc(C)c2sc(N(CCCN(C)C)C(=O)CSc3ccc(F)cc3)nc12.Cl. The van der Waals surface area contributed by atoms with Crippen molar-refractivity contribution in [1.29, 1.82) is 0 Å². The Morgan fingerprint density at radius 3 is 2.37 bits per heavy atom. The Labute approximate surface area is 191 Å². The summed E-state index contributed by atoms with van der Waals surface area (Å²) in [7, 11) is 4.06. The van der Waals surface area contributed by atoms with E-state index < -0.39 is 0 Å². The summed E-state index contributed by atoms with van der Waals surface area (Å²) in [6, 6.07) is 10.4. The maximum absolute atomic E-state index is 13.1. The van der Waals surface area contributed by atoms with Gasteiger partial charge in [-0.3, -0.25) is 9.69 Å². The molecule has 0 spiro atoms. The van der Waals surface area contributed by atoms with Crippen LogP contribution in [0.5, 0.6) is 0 Å². The number of fused-ring (bicyclic) bond motifs is 1. The van der Waals surface area contributed by atoms with Crippen LogP contribution in [0.25, 0.3) is 10.2 Å². The van der Waals surface area contributed by atoms with Crippen LogP contribution in [0.2, 0.25) is 0 Å². The lowest BCUT2D eigenvalue weighted by Crippen LogP contribution is -2.34. The fourth-order valence-electron chi connectivity index (χ4n) is 2.99. The van der Waals surface area contributed by atoms with E-state index in [9.17, 15) is 9.18 Å². The van der Waals surface area contributed by atoms with Crippen molar-refractivity contribution in [2.45, 2.75) is 25.2 Å². The summed E-state index contributed by atoms with van der Waals surface area (Å²) in [4.78, 5) is 22.7. The molecule has 0 atom stereocenters. The Morgan fingerprint density at radius 2 is 1.73 bits per heavy atom. The summed E-state index contributed by atoms with van der Waals surface area (Å²) in [6.45, 7) is 5.65. The van der Waals surface area contributed by atoms with Crippen LogP contribution < -0.4 is 4.90 Å². The molecule has 0 aliphatic heterocycles. The smallest absolute Gasteiger partial charge is 0.239 e. The van der Waals surface area contributed by atoms with Crippen LogP contribution in [-0.2, 0) is 4.79 Å². The van der Waals surface area contributed by atoms with Crippen LogP contribution in [0, 0.1) is 19.7 Å². The molecule has 8 heteroatoms. The van der Waals surface area contributed by atoms with Gasteiger partial charge in [-0.15, -0.1) is 24.2 Å². The summed E-state index contributed by atoms with van der Waals surface area (Å²) in [5.41, 5.74) is 3.27. The number of halogens is 2. The molecule has 0 aliphatic rings. The second-order valence-corrected chi connectivity index (χ2v) is 9.34. The normalized spacial score (nSPS) is 11.0. The molecule has 1 amide bonds. The summed E-state index contributed by atoms with van der Waals surface area (Å²) in [6.07, 6.45) is 0.869. The zero-order valence-corrected chi connectivity index (χ0v) is 20.1. The van der Waals surface area contributed by atoms with Gasteiger partial charge in [0.1, 0.15) is 5.82 Å². The van der Waals surface area contributed by atoms with Gasteiger partial charge in [0.2, 0.25) is 5.91 Å². The van der Waals surface area contributed by atoms with Crippen molar-refractivity contribution in [3.8, 4) is 0 Å². The third-order valence-electron chi connectivity index (χ3n) is 4.63. The van der Waals surface area contributed by atoms with Gasteiger partial charge in [-0.1, -0.05) is 23.5 Å². The second kappa shape index (κ2) is 11.1. The Kier molecular flexibility index (Phi) is 9.09. The number of benzene rings is 2. The summed E-state index contributed by atoms with van der Waals surface area (Å²) in [5.74, 6) is 0.0419. The van der Waals surface area contributed by atoms with Crippen LogP contribution >= 0.6 is 35.5 Å². The van der Waals surface area contributed by atoms with E-state index in [-0.39, 0.29) is 24.1 Å². The molecule has 0 radical (unpaired) electrons. The third kappa shape index (κ3) is 6.17. The fourth-order valence-corrected chi connectivity index (χ4v) is 4.92. The van der Waals surface area contributed by atoms with Crippen LogP contribution in [0.3, 0.4) is 0 Å². The number of aromatic nitrogens is 1. The number of thioether (sulfide) groups is 1. The second-order valence-electron chi connectivity index (χ2n) is 7.32. The summed E-state index contributed by atoms with van der Waals surface area (Å²) in [5, 5.41) is 0.751. The van der Waals surface area contributed by atoms with Gasteiger partial charge in [-0.05, 0) is 76.3 Å². The number of carbonyl (C=O) groups is 1. The molecule has 0 unspecified atom stereocenters. The molecule has 2 aromatic carbocycles. The number of aryl methyl sites for hydroxylation is 2. The predicted octanol–water partition coefficient (Wildman–Crippen LogP) is 5.55. The number of carbonyl (C=O) groups excluding carboxylic acids is 1. The highest BCUT2D eigenvalue weighted by molar-refractivity contribution is 8.00. The van der Waals surface area contributed by atoms with E-state index in [1.54, 1.807) is 23.5 Å². The molecule has 30 heavy (non-hydrogen) atoms. The van der Waals surface area contributed by atoms with Gasteiger partial charge in [-0.2, -0.15) is 0 Å². The first-order valence-corrected chi connectivity index (χ1v) is 11.4. The van der Waals surface area contributed by atoms with Crippen molar-refractivity contribution in [1.82, 2.24) is 9.88 Å².